The van der Waals surface area contributed by atoms with Crippen LogP contribution in [0.3, 0.4) is 0 Å². The number of halogens is 1. The molecule has 0 bridgehead atoms. The number of hydrogen-bond donors (Lipinski definition) is 0. The number of esters is 1. The van der Waals surface area contributed by atoms with Crippen LogP contribution in [0.15, 0.2) is 48.5 Å². The van der Waals surface area contributed by atoms with Crippen molar-refractivity contribution in [3.8, 4) is 17.7 Å². The summed E-state index contributed by atoms with van der Waals surface area (Å²) in [7, 11) is 4.86. The molecule has 0 saturated carbocycles. The maximum Gasteiger partial charge on any atom is 0.338 e. The molecular weight excluding hydrogens is 513 g/mol. The van der Waals surface area contributed by atoms with Crippen LogP contribution >= 0.6 is 0 Å². The third-order valence-electron chi connectivity index (χ3n) is 7.36. The molecular formula is C30H30FN5O4. The molecule has 0 unspecified atom stereocenters. The van der Waals surface area contributed by atoms with Crippen molar-refractivity contribution in [3.63, 3.8) is 0 Å². The van der Waals surface area contributed by atoms with E-state index in [1.165, 1.54) is 13.2 Å². The second-order valence-electron chi connectivity index (χ2n) is 9.78. The highest BCUT2D eigenvalue weighted by Gasteiger charge is 2.24. The number of carbonyl (C=O) groups excluding carboxylic acids is 1. The fourth-order valence-corrected chi connectivity index (χ4v) is 5.05. The second-order valence-corrected chi connectivity index (χ2v) is 9.78. The fraction of sp³-hybridized carbons (Fsp3) is 0.333. The molecule has 0 spiro atoms. The van der Waals surface area contributed by atoms with Crippen LogP contribution in [-0.4, -0.2) is 52.7 Å². The summed E-state index contributed by atoms with van der Waals surface area (Å²) in [5, 5.41) is 8.92. The van der Waals surface area contributed by atoms with Crippen LogP contribution in [0.25, 0.3) is 11.0 Å². The predicted molar refractivity (Wildman–Crippen MR) is 146 cm³/mol. The molecule has 3 heterocycles. The van der Waals surface area contributed by atoms with Crippen LogP contribution in [0.2, 0.25) is 0 Å². The van der Waals surface area contributed by atoms with Gasteiger partial charge >= 0.3 is 5.97 Å². The van der Waals surface area contributed by atoms with E-state index in [1.54, 1.807) is 37.4 Å². The van der Waals surface area contributed by atoms with Crippen LogP contribution in [0.5, 0.6) is 11.6 Å². The number of fused-ring (bicyclic) bond motifs is 1. The number of benzene rings is 2. The smallest absolute Gasteiger partial charge is 0.338 e. The predicted octanol–water partition coefficient (Wildman–Crippen LogP) is 4.73. The molecule has 1 fully saturated rings. The number of nitriles is 1. The molecule has 5 rings (SSSR count). The summed E-state index contributed by atoms with van der Waals surface area (Å²) < 4.78 is 32.4. The molecule has 10 heteroatoms. The lowest BCUT2D eigenvalue weighted by molar-refractivity contribution is 0.0600. The Labute approximate surface area is 231 Å². The lowest BCUT2D eigenvalue weighted by Gasteiger charge is -2.31. The highest BCUT2D eigenvalue weighted by Crippen LogP contribution is 2.31. The van der Waals surface area contributed by atoms with Crippen molar-refractivity contribution in [3.05, 3.63) is 82.6 Å². The van der Waals surface area contributed by atoms with Crippen molar-refractivity contribution in [1.29, 1.82) is 5.26 Å². The Morgan fingerprint density at radius 2 is 1.93 bits per heavy atom. The Morgan fingerprint density at radius 1 is 1.12 bits per heavy atom. The molecule has 0 atom stereocenters. The first kappa shape index (κ1) is 27.1. The summed E-state index contributed by atoms with van der Waals surface area (Å²) in [5.74, 6) is 1.27. The summed E-state index contributed by atoms with van der Waals surface area (Å²) in [6, 6.07) is 15.4. The molecule has 9 nitrogen and oxygen atoms in total. The summed E-state index contributed by atoms with van der Waals surface area (Å²) in [6.45, 7) is 2.46. The standard InChI is InChI=1S/C30H30FN5O4/c1-35-25-14-22(30(37)39-3)15-26(38-2)29(25)34-27(35)17-36-11-9-20(10-12-36)24-5-4-6-28(33-24)40-18-21-8-7-19(16-32)13-23(21)31/h4-8,13-15,20H,9-12,17-18H2,1-3H3. The summed E-state index contributed by atoms with van der Waals surface area (Å²) in [4.78, 5) is 24.0. The van der Waals surface area contributed by atoms with Crippen LogP contribution in [-0.2, 0) is 24.9 Å². The number of carbonyl (C=O) groups is 1. The molecule has 1 aliphatic rings. The van der Waals surface area contributed by atoms with Crippen molar-refractivity contribution < 1.29 is 23.4 Å². The first-order valence-electron chi connectivity index (χ1n) is 13.0. The number of aryl methyl sites for hydroxylation is 1. The van der Waals surface area contributed by atoms with Crippen LogP contribution in [0.1, 0.15) is 51.8 Å². The Hall–Kier alpha value is -4.49. The highest BCUT2D eigenvalue weighted by atomic mass is 19.1. The van der Waals surface area contributed by atoms with Gasteiger partial charge in [-0.25, -0.2) is 19.2 Å². The molecule has 1 aliphatic heterocycles. The Morgan fingerprint density at radius 3 is 2.62 bits per heavy atom. The van der Waals surface area contributed by atoms with Gasteiger partial charge in [0, 0.05) is 30.3 Å². The van der Waals surface area contributed by atoms with E-state index in [2.05, 4.69) is 4.90 Å². The third-order valence-corrected chi connectivity index (χ3v) is 7.36. The zero-order valence-electron chi connectivity index (χ0n) is 22.7. The van der Waals surface area contributed by atoms with Crippen molar-refractivity contribution in [2.24, 2.45) is 7.05 Å². The largest absolute Gasteiger partial charge is 0.494 e. The van der Waals surface area contributed by atoms with E-state index in [0.29, 0.717) is 34.8 Å². The van der Waals surface area contributed by atoms with Crippen molar-refractivity contribution in [1.82, 2.24) is 19.4 Å². The Kier molecular flexibility index (Phi) is 7.94. The fourth-order valence-electron chi connectivity index (χ4n) is 5.05. The number of ether oxygens (including phenoxy) is 3. The average Bonchev–Trinajstić information content (AvgIpc) is 3.30. The van der Waals surface area contributed by atoms with Gasteiger partial charge in [-0.1, -0.05) is 12.1 Å². The lowest BCUT2D eigenvalue weighted by Crippen LogP contribution is -2.33. The van der Waals surface area contributed by atoms with Gasteiger partial charge in [0.2, 0.25) is 5.88 Å². The Balaban J connectivity index is 1.22. The molecule has 4 aromatic rings. The number of imidazole rings is 1. The Bertz CT molecular complexity index is 1590. The number of pyridine rings is 1. The van der Waals surface area contributed by atoms with Crippen LogP contribution in [0, 0.1) is 17.1 Å². The van der Waals surface area contributed by atoms with Gasteiger partial charge in [0.1, 0.15) is 29.5 Å². The molecule has 206 valence electrons. The quantitative estimate of drug-likeness (QED) is 0.294. The minimum Gasteiger partial charge on any atom is -0.494 e. The average molecular weight is 544 g/mol. The number of hydrogen-bond acceptors (Lipinski definition) is 8. The molecule has 40 heavy (non-hydrogen) atoms. The zero-order valence-corrected chi connectivity index (χ0v) is 22.7. The number of methoxy groups -OCH3 is 2. The van der Waals surface area contributed by atoms with Gasteiger partial charge in [-0.3, -0.25) is 4.90 Å². The van der Waals surface area contributed by atoms with E-state index in [9.17, 15) is 9.18 Å². The van der Waals surface area contributed by atoms with E-state index >= 15 is 0 Å². The topological polar surface area (TPSA) is 102 Å². The summed E-state index contributed by atoms with van der Waals surface area (Å²) in [6.07, 6.45) is 1.86. The molecule has 1 saturated heterocycles. The second kappa shape index (κ2) is 11.7. The molecule has 0 radical (unpaired) electrons. The molecule has 0 N–H and O–H groups in total. The third kappa shape index (κ3) is 5.60. The van der Waals surface area contributed by atoms with Gasteiger partial charge in [-0.05, 0) is 56.3 Å². The maximum absolute atomic E-state index is 14.2. The van der Waals surface area contributed by atoms with Gasteiger partial charge in [0.15, 0.2) is 0 Å². The van der Waals surface area contributed by atoms with Crippen molar-refractivity contribution >= 4 is 17.0 Å². The van der Waals surface area contributed by atoms with Gasteiger partial charge < -0.3 is 18.8 Å². The van der Waals surface area contributed by atoms with Gasteiger partial charge in [-0.15, -0.1) is 0 Å². The van der Waals surface area contributed by atoms with Crippen molar-refractivity contribution in [2.75, 3.05) is 27.3 Å². The zero-order chi connectivity index (χ0) is 28.2. The van der Waals surface area contributed by atoms with E-state index in [-0.39, 0.29) is 18.1 Å². The van der Waals surface area contributed by atoms with Gasteiger partial charge in [-0.2, -0.15) is 5.26 Å². The number of likely N-dealkylation sites (tertiary alicyclic amines) is 1. The molecule has 0 aliphatic carbocycles. The normalized spacial score (nSPS) is 14.2. The number of piperidine rings is 1. The van der Waals surface area contributed by atoms with E-state index in [0.717, 1.165) is 43.0 Å². The molecule has 2 aromatic heterocycles. The van der Waals surface area contributed by atoms with E-state index in [1.807, 2.05) is 29.8 Å². The molecule has 2 aromatic carbocycles. The lowest BCUT2D eigenvalue weighted by atomic mass is 9.93. The van der Waals surface area contributed by atoms with E-state index < -0.39 is 11.8 Å². The maximum atomic E-state index is 14.2. The summed E-state index contributed by atoms with van der Waals surface area (Å²) >= 11 is 0. The van der Waals surface area contributed by atoms with Crippen LogP contribution in [0.4, 0.5) is 4.39 Å². The first-order chi connectivity index (χ1) is 19.4. The van der Waals surface area contributed by atoms with Crippen LogP contribution < -0.4 is 9.47 Å². The monoisotopic (exact) mass is 543 g/mol. The van der Waals surface area contributed by atoms with Gasteiger partial charge in [0.25, 0.3) is 0 Å². The number of rotatable bonds is 8. The van der Waals surface area contributed by atoms with E-state index in [4.69, 9.17) is 29.4 Å². The van der Waals surface area contributed by atoms with Gasteiger partial charge in [0.05, 0.1) is 43.5 Å². The molecule has 0 amide bonds. The number of nitrogens with zero attached hydrogens (tertiary/aromatic N) is 5. The van der Waals surface area contributed by atoms with Crippen molar-refractivity contribution in [2.45, 2.75) is 31.9 Å². The minimum atomic E-state index is -0.467. The highest BCUT2D eigenvalue weighted by molar-refractivity contribution is 5.96. The summed E-state index contributed by atoms with van der Waals surface area (Å²) in [5.41, 5.74) is 3.55. The first-order valence-corrected chi connectivity index (χ1v) is 13.0. The minimum absolute atomic E-state index is 0.0381. The number of aromatic nitrogens is 3. The SMILES string of the molecule is COC(=O)c1cc(OC)c2nc(CN3CCC(c4cccc(OCc5ccc(C#N)cc5F)n4)CC3)n(C)c2c1.